The molecule has 1 heterocycles. The van der Waals surface area contributed by atoms with Crippen molar-refractivity contribution in [2.24, 2.45) is 0 Å². The fourth-order valence-corrected chi connectivity index (χ4v) is 1.95. The molecule has 0 saturated heterocycles. The summed E-state index contributed by atoms with van der Waals surface area (Å²) >= 11 is 13.2. The van der Waals surface area contributed by atoms with Crippen molar-refractivity contribution in [3.8, 4) is 0 Å². The standard InChI is InChI=1S/C8H10Cl2N2S/c1-3-5(2)13-7-6(9)4-11-8(10)12-7/h4-5H,3H2,1-2H3. The Morgan fingerprint density at radius 1 is 1.54 bits per heavy atom. The molecule has 13 heavy (non-hydrogen) atoms. The molecule has 1 rings (SSSR count). The molecular weight excluding hydrogens is 227 g/mol. The van der Waals surface area contributed by atoms with Crippen LogP contribution in [0, 0.1) is 0 Å². The first-order valence-corrected chi connectivity index (χ1v) is 5.61. The Labute approximate surface area is 92.1 Å². The van der Waals surface area contributed by atoms with Gasteiger partial charge in [-0.25, -0.2) is 9.97 Å². The summed E-state index contributed by atoms with van der Waals surface area (Å²) in [6, 6.07) is 0. The van der Waals surface area contributed by atoms with Crippen LogP contribution >= 0.6 is 35.0 Å². The van der Waals surface area contributed by atoms with Gasteiger partial charge in [0.25, 0.3) is 0 Å². The summed E-state index contributed by atoms with van der Waals surface area (Å²) in [5, 5.41) is 2.06. The summed E-state index contributed by atoms with van der Waals surface area (Å²) in [7, 11) is 0. The number of hydrogen-bond acceptors (Lipinski definition) is 3. The molecule has 1 unspecified atom stereocenters. The zero-order chi connectivity index (χ0) is 9.84. The number of thioether (sulfide) groups is 1. The Hall–Kier alpha value is 0.01000. The molecule has 0 aliphatic rings. The van der Waals surface area contributed by atoms with Gasteiger partial charge in [-0.2, -0.15) is 0 Å². The lowest BCUT2D eigenvalue weighted by atomic mass is 10.4. The van der Waals surface area contributed by atoms with E-state index in [1.54, 1.807) is 11.8 Å². The van der Waals surface area contributed by atoms with E-state index in [9.17, 15) is 0 Å². The third kappa shape index (κ3) is 3.33. The zero-order valence-electron chi connectivity index (χ0n) is 7.42. The molecule has 0 saturated carbocycles. The second-order valence-corrected chi connectivity index (χ2v) is 4.80. The highest BCUT2D eigenvalue weighted by molar-refractivity contribution is 7.99. The molecule has 0 aromatic carbocycles. The van der Waals surface area contributed by atoms with Crippen LogP contribution < -0.4 is 0 Å². The fourth-order valence-electron chi connectivity index (χ4n) is 0.688. The first kappa shape index (κ1) is 11.1. The fraction of sp³-hybridized carbons (Fsp3) is 0.500. The Morgan fingerprint density at radius 2 is 2.23 bits per heavy atom. The predicted octanol–water partition coefficient (Wildman–Crippen LogP) is 3.67. The van der Waals surface area contributed by atoms with Gasteiger partial charge >= 0.3 is 0 Å². The minimum Gasteiger partial charge on any atom is -0.225 e. The van der Waals surface area contributed by atoms with Crippen molar-refractivity contribution in [1.29, 1.82) is 0 Å². The highest BCUT2D eigenvalue weighted by Gasteiger charge is 2.08. The number of halogens is 2. The van der Waals surface area contributed by atoms with Gasteiger partial charge in [-0.05, 0) is 18.0 Å². The van der Waals surface area contributed by atoms with Gasteiger partial charge in [-0.15, -0.1) is 11.8 Å². The van der Waals surface area contributed by atoms with Gasteiger partial charge in [0.05, 0.1) is 11.2 Å². The van der Waals surface area contributed by atoms with Crippen LogP contribution in [0.5, 0.6) is 0 Å². The second kappa shape index (κ2) is 5.03. The molecule has 72 valence electrons. The summed E-state index contributed by atoms with van der Waals surface area (Å²) in [6.07, 6.45) is 2.60. The van der Waals surface area contributed by atoms with E-state index in [2.05, 4.69) is 23.8 Å². The molecule has 0 aliphatic heterocycles. The van der Waals surface area contributed by atoms with Crippen molar-refractivity contribution in [3.05, 3.63) is 16.5 Å². The van der Waals surface area contributed by atoms with Crippen molar-refractivity contribution in [2.45, 2.75) is 30.5 Å². The summed E-state index contributed by atoms with van der Waals surface area (Å²) in [4.78, 5) is 7.83. The average Bonchev–Trinajstić information content (AvgIpc) is 2.11. The van der Waals surface area contributed by atoms with E-state index in [0.29, 0.717) is 10.3 Å². The smallest absolute Gasteiger partial charge is 0.223 e. The van der Waals surface area contributed by atoms with Crippen LogP contribution in [-0.2, 0) is 0 Å². The number of rotatable bonds is 3. The van der Waals surface area contributed by atoms with E-state index in [4.69, 9.17) is 23.2 Å². The van der Waals surface area contributed by atoms with Gasteiger partial charge in [0.15, 0.2) is 0 Å². The molecule has 0 fully saturated rings. The summed E-state index contributed by atoms with van der Waals surface area (Å²) in [5.74, 6) is 0. The van der Waals surface area contributed by atoms with E-state index in [1.807, 2.05) is 0 Å². The van der Waals surface area contributed by atoms with Crippen LogP contribution in [0.3, 0.4) is 0 Å². The third-order valence-corrected chi connectivity index (χ3v) is 3.41. The van der Waals surface area contributed by atoms with Crippen molar-refractivity contribution in [2.75, 3.05) is 0 Å². The van der Waals surface area contributed by atoms with Crippen molar-refractivity contribution in [3.63, 3.8) is 0 Å². The lowest BCUT2D eigenvalue weighted by molar-refractivity contribution is 0.899. The van der Waals surface area contributed by atoms with Gasteiger partial charge in [0.1, 0.15) is 5.03 Å². The van der Waals surface area contributed by atoms with Gasteiger partial charge < -0.3 is 0 Å². The van der Waals surface area contributed by atoms with Crippen LogP contribution in [0.15, 0.2) is 11.2 Å². The quantitative estimate of drug-likeness (QED) is 0.455. The third-order valence-electron chi connectivity index (χ3n) is 1.57. The topological polar surface area (TPSA) is 25.8 Å². The van der Waals surface area contributed by atoms with Crippen LogP contribution in [-0.4, -0.2) is 15.2 Å². The van der Waals surface area contributed by atoms with Crippen molar-refractivity contribution >= 4 is 35.0 Å². The highest BCUT2D eigenvalue weighted by Crippen LogP contribution is 2.29. The molecule has 0 amide bonds. The van der Waals surface area contributed by atoms with Gasteiger partial charge in [0, 0.05) is 5.25 Å². The van der Waals surface area contributed by atoms with Crippen LogP contribution in [0.25, 0.3) is 0 Å². The first-order chi connectivity index (χ1) is 6.13. The van der Waals surface area contributed by atoms with E-state index < -0.39 is 0 Å². The Balaban J connectivity index is 2.81. The molecule has 0 radical (unpaired) electrons. The SMILES string of the molecule is CCC(C)Sc1nc(Cl)ncc1Cl. The van der Waals surface area contributed by atoms with Gasteiger partial charge in [-0.1, -0.05) is 25.4 Å². The largest absolute Gasteiger partial charge is 0.225 e. The maximum Gasteiger partial charge on any atom is 0.223 e. The molecule has 2 nitrogen and oxygen atoms in total. The molecule has 1 aromatic rings. The van der Waals surface area contributed by atoms with Crippen molar-refractivity contribution in [1.82, 2.24) is 9.97 Å². The lowest BCUT2D eigenvalue weighted by Gasteiger charge is -2.07. The monoisotopic (exact) mass is 236 g/mol. The van der Waals surface area contributed by atoms with E-state index >= 15 is 0 Å². The average molecular weight is 237 g/mol. The molecule has 1 aromatic heterocycles. The molecule has 0 N–H and O–H groups in total. The van der Waals surface area contributed by atoms with Crippen LogP contribution in [0.1, 0.15) is 20.3 Å². The number of aromatic nitrogens is 2. The lowest BCUT2D eigenvalue weighted by Crippen LogP contribution is -1.95. The Morgan fingerprint density at radius 3 is 2.85 bits per heavy atom. The maximum atomic E-state index is 5.89. The Bertz CT molecular complexity index is 293. The molecule has 5 heteroatoms. The van der Waals surface area contributed by atoms with Gasteiger partial charge in [0.2, 0.25) is 5.28 Å². The highest BCUT2D eigenvalue weighted by atomic mass is 35.5. The molecule has 0 spiro atoms. The van der Waals surface area contributed by atoms with E-state index in [1.165, 1.54) is 6.20 Å². The predicted molar refractivity (Wildman–Crippen MR) is 57.7 cm³/mol. The van der Waals surface area contributed by atoms with Gasteiger partial charge in [-0.3, -0.25) is 0 Å². The van der Waals surface area contributed by atoms with Crippen molar-refractivity contribution < 1.29 is 0 Å². The summed E-state index contributed by atoms with van der Waals surface area (Å²) in [5.41, 5.74) is 0. The Kier molecular flexibility index (Phi) is 4.29. The first-order valence-electron chi connectivity index (χ1n) is 3.98. The van der Waals surface area contributed by atoms with E-state index in [-0.39, 0.29) is 5.28 Å². The minimum absolute atomic E-state index is 0.246. The second-order valence-electron chi connectivity index (χ2n) is 2.63. The van der Waals surface area contributed by atoms with Crippen LogP contribution in [0.4, 0.5) is 0 Å². The summed E-state index contributed by atoms with van der Waals surface area (Å²) in [6.45, 7) is 4.24. The number of hydrogen-bond donors (Lipinski definition) is 0. The maximum absolute atomic E-state index is 5.89. The number of nitrogens with zero attached hydrogens (tertiary/aromatic N) is 2. The molecule has 1 atom stereocenters. The molecule has 0 bridgehead atoms. The van der Waals surface area contributed by atoms with Crippen LogP contribution in [0.2, 0.25) is 10.3 Å². The minimum atomic E-state index is 0.246. The normalized spacial score (nSPS) is 12.9. The molecule has 0 aliphatic carbocycles. The summed E-state index contributed by atoms with van der Waals surface area (Å²) < 4.78 is 0. The molecular formula is C8H10Cl2N2S. The van der Waals surface area contributed by atoms with E-state index in [0.717, 1.165) is 11.4 Å². The zero-order valence-corrected chi connectivity index (χ0v) is 9.75.